The van der Waals surface area contributed by atoms with E-state index in [4.69, 9.17) is 13.9 Å². The molecule has 10 nitrogen and oxygen atoms in total. The van der Waals surface area contributed by atoms with Crippen molar-refractivity contribution in [3.63, 3.8) is 0 Å². The Morgan fingerprint density at radius 1 is 1.19 bits per heavy atom. The number of benzene rings is 2. The number of ether oxygens (including phenoxy) is 2. The van der Waals surface area contributed by atoms with E-state index in [9.17, 15) is 19.7 Å². The minimum Gasteiger partial charge on any atom is -0.490 e. The van der Waals surface area contributed by atoms with Gasteiger partial charge in [-0.05, 0) is 62.2 Å². The number of furan rings is 1. The van der Waals surface area contributed by atoms with Gasteiger partial charge in [-0.2, -0.15) is 0 Å². The second-order valence-corrected chi connectivity index (χ2v) is 10.5. The zero-order valence-electron chi connectivity index (χ0n) is 23.2. The molecule has 11 heteroatoms. The fraction of sp³-hybridized carbons (Fsp3) is 0.194. The number of nitrogens with zero attached hydrogens (tertiary/aromatic N) is 3. The van der Waals surface area contributed by atoms with Crippen LogP contribution in [0.15, 0.2) is 92.7 Å². The number of fused-ring (bicyclic) bond motifs is 1. The third kappa shape index (κ3) is 5.46. The van der Waals surface area contributed by atoms with Crippen molar-refractivity contribution >= 4 is 29.1 Å². The van der Waals surface area contributed by atoms with Crippen LogP contribution in [0.4, 0.5) is 5.69 Å². The summed E-state index contributed by atoms with van der Waals surface area (Å²) in [6, 6.07) is 14.5. The van der Waals surface area contributed by atoms with Crippen molar-refractivity contribution < 1.29 is 23.6 Å². The van der Waals surface area contributed by atoms with Crippen LogP contribution in [0, 0.1) is 17.0 Å². The maximum absolute atomic E-state index is 13.8. The molecule has 0 unspecified atom stereocenters. The summed E-state index contributed by atoms with van der Waals surface area (Å²) in [5, 5.41) is 11.6. The molecule has 0 bridgehead atoms. The van der Waals surface area contributed by atoms with Crippen molar-refractivity contribution in [2.24, 2.45) is 4.99 Å². The second-order valence-electron chi connectivity index (χ2n) is 9.45. The van der Waals surface area contributed by atoms with E-state index in [-0.39, 0.29) is 23.4 Å². The fourth-order valence-electron chi connectivity index (χ4n) is 4.71. The van der Waals surface area contributed by atoms with Gasteiger partial charge in [0.25, 0.3) is 11.2 Å². The van der Waals surface area contributed by atoms with Crippen molar-refractivity contribution in [1.82, 2.24) is 4.57 Å². The standard InChI is InChI=1S/C31H27N3O7S/c1-5-15-40-21-10-8-20(9-11-21)28-27(30(36)39-6-2)19(4)32-31-33(28)29(35)26(42-31)17-22-12-14-25(41-22)23-13-7-18(3)16-24(23)34(37)38/h5,7-14,16-17,28H,1,6,15H2,2-4H3/b26-17-/t28-/m0/s1. The SMILES string of the molecule is C=CCOc1ccc([C@H]2C(C(=O)OCC)=C(C)N=c3s/c(=C\c4ccc(-c5ccc(C)cc5[N+](=O)[O-])o4)c(=O)n32)cc1. The van der Waals surface area contributed by atoms with E-state index in [1.807, 2.05) is 0 Å². The van der Waals surface area contributed by atoms with Crippen LogP contribution in [0.3, 0.4) is 0 Å². The lowest BCUT2D eigenvalue weighted by molar-refractivity contribution is -0.384. The Bertz CT molecular complexity index is 1910. The zero-order chi connectivity index (χ0) is 30.0. The van der Waals surface area contributed by atoms with Crippen molar-refractivity contribution in [3.8, 4) is 17.1 Å². The van der Waals surface area contributed by atoms with Gasteiger partial charge >= 0.3 is 5.97 Å². The molecule has 42 heavy (non-hydrogen) atoms. The van der Waals surface area contributed by atoms with Crippen LogP contribution < -0.4 is 19.6 Å². The van der Waals surface area contributed by atoms with Crippen molar-refractivity contribution in [2.75, 3.05) is 13.2 Å². The van der Waals surface area contributed by atoms with Gasteiger partial charge in [-0.15, -0.1) is 0 Å². The van der Waals surface area contributed by atoms with E-state index in [0.29, 0.717) is 50.0 Å². The molecule has 1 aliphatic heterocycles. The van der Waals surface area contributed by atoms with E-state index in [1.165, 1.54) is 10.6 Å². The molecule has 0 amide bonds. The molecule has 0 aliphatic carbocycles. The average Bonchev–Trinajstić information content (AvgIpc) is 3.55. The van der Waals surface area contributed by atoms with Gasteiger partial charge in [-0.1, -0.05) is 42.2 Å². The highest BCUT2D eigenvalue weighted by molar-refractivity contribution is 7.07. The normalized spacial score (nSPS) is 14.7. The topological polar surface area (TPSA) is 126 Å². The monoisotopic (exact) mass is 585 g/mol. The lowest BCUT2D eigenvalue weighted by Gasteiger charge is -2.24. The number of esters is 1. The summed E-state index contributed by atoms with van der Waals surface area (Å²) in [5.41, 5.74) is 2.04. The van der Waals surface area contributed by atoms with Crippen LogP contribution in [0.5, 0.6) is 5.75 Å². The largest absolute Gasteiger partial charge is 0.490 e. The molecule has 0 radical (unpaired) electrons. The smallest absolute Gasteiger partial charge is 0.338 e. The van der Waals surface area contributed by atoms with Gasteiger partial charge in [-0.25, -0.2) is 9.79 Å². The number of thiazole rings is 1. The highest BCUT2D eigenvalue weighted by Gasteiger charge is 2.33. The molecule has 0 saturated carbocycles. The van der Waals surface area contributed by atoms with E-state index >= 15 is 0 Å². The molecule has 2 aromatic carbocycles. The molecule has 1 aliphatic rings. The molecule has 2 aromatic heterocycles. The number of hydrogen-bond acceptors (Lipinski definition) is 9. The Morgan fingerprint density at radius 2 is 1.95 bits per heavy atom. The summed E-state index contributed by atoms with van der Waals surface area (Å²) < 4.78 is 18.7. The molecule has 0 N–H and O–H groups in total. The van der Waals surface area contributed by atoms with E-state index in [1.54, 1.807) is 81.5 Å². The maximum atomic E-state index is 13.8. The Labute approximate surface area is 244 Å². The number of carbonyl (C=O) groups excluding carboxylic acids is 1. The first-order valence-corrected chi connectivity index (χ1v) is 13.9. The first-order valence-electron chi connectivity index (χ1n) is 13.1. The Morgan fingerprint density at radius 3 is 2.64 bits per heavy atom. The van der Waals surface area contributed by atoms with Gasteiger partial charge in [0.1, 0.15) is 23.9 Å². The third-order valence-corrected chi connectivity index (χ3v) is 7.58. The van der Waals surface area contributed by atoms with Gasteiger partial charge in [-0.3, -0.25) is 19.5 Å². The van der Waals surface area contributed by atoms with Crippen LogP contribution >= 0.6 is 11.3 Å². The van der Waals surface area contributed by atoms with Crippen LogP contribution in [-0.4, -0.2) is 28.7 Å². The summed E-state index contributed by atoms with van der Waals surface area (Å²) in [6.45, 7) is 9.37. The number of carbonyl (C=O) groups is 1. The lowest BCUT2D eigenvalue weighted by Crippen LogP contribution is -2.39. The van der Waals surface area contributed by atoms with Gasteiger partial charge in [0.2, 0.25) is 0 Å². The van der Waals surface area contributed by atoms with Crippen LogP contribution in [0.25, 0.3) is 17.4 Å². The quantitative estimate of drug-likeness (QED) is 0.119. The molecule has 0 saturated heterocycles. The molecule has 4 aromatic rings. The summed E-state index contributed by atoms with van der Waals surface area (Å²) in [4.78, 5) is 43.1. The fourth-order valence-corrected chi connectivity index (χ4v) is 5.74. The molecule has 1 atom stereocenters. The minimum atomic E-state index is -0.779. The number of hydrogen-bond donors (Lipinski definition) is 0. The Hall–Kier alpha value is -5.03. The molecule has 214 valence electrons. The van der Waals surface area contributed by atoms with E-state index in [2.05, 4.69) is 11.6 Å². The highest BCUT2D eigenvalue weighted by atomic mass is 32.1. The van der Waals surface area contributed by atoms with E-state index < -0.39 is 16.9 Å². The molecule has 0 spiro atoms. The van der Waals surface area contributed by atoms with Gasteiger partial charge < -0.3 is 13.9 Å². The van der Waals surface area contributed by atoms with Crippen molar-refractivity contribution in [1.29, 1.82) is 0 Å². The average molecular weight is 586 g/mol. The minimum absolute atomic E-state index is 0.0712. The third-order valence-electron chi connectivity index (χ3n) is 6.60. The summed E-state index contributed by atoms with van der Waals surface area (Å²) in [5.74, 6) is 0.705. The zero-order valence-corrected chi connectivity index (χ0v) is 24.0. The number of nitro benzene ring substituents is 1. The van der Waals surface area contributed by atoms with Gasteiger partial charge in [0.05, 0.1) is 38.9 Å². The molecule has 3 heterocycles. The Kier molecular flexibility index (Phi) is 8.03. The van der Waals surface area contributed by atoms with Gasteiger partial charge in [0.15, 0.2) is 4.80 Å². The number of allylic oxidation sites excluding steroid dienone is 1. The first kappa shape index (κ1) is 28.5. The predicted molar refractivity (Wildman–Crippen MR) is 158 cm³/mol. The highest BCUT2D eigenvalue weighted by Crippen LogP contribution is 2.33. The van der Waals surface area contributed by atoms with Crippen LogP contribution in [-0.2, 0) is 9.53 Å². The van der Waals surface area contributed by atoms with Crippen LogP contribution in [0.2, 0.25) is 0 Å². The maximum Gasteiger partial charge on any atom is 0.338 e. The summed E-state index contributed by atoms with van der Waals surface area (Å²) in [6.07, 6.45) is 3.21. The first-order chi connectivity index (χ1) is 20.2. The summed E-state index contributed by atoms with van der Waals surface area (Å²) in [7, 11) is 0. The molecular formula is C31H27N3O7S. The van der Waals surface area contributed by atoms with Gasteiger partial charge in [0, 0.05) is 12.1 Å². The molecule has 0 fully saturated rings. The predicted octanol–water partition coefficient (Wildman–Crippen LogP) is 4.84. The number of aryl methyl sites for hydroxylation is 1. The van der Waals surface area contributed by atoms with Crippen molar-refractivity contribution in [3.05, 3.63) is 125 Å². The lowest BCUT2D eigenvalue weighted by atomic mass is 9.96. The summed E-state index contributed by atoms with van der Waals surface area (Å²) >= 11 is 1.15. The van der Waals surface area contributed by atoms with Crippen molar-refractivity contribution in [2.45, 2.75) is 26.8 Å². The Balaban J connectivity index is 1.60. The van der Waals surface area contributed by atoms with Crippen LogP contribution in [0.1, 0.15) is 36.8 Å². The van der Waals surface area contributed by atoms with E-state index in [0.717, 1.165) is 16.9 Å². The number of aromatic nitrogens is 1. The molecular weight excluding hydrogens is 558 g/mol. The number of nitro groups is 1. The second kappa shape index (κ2) is 11.8. The molecule has 5 rings (SSSR count). The number of rotatable bonds is 9.